The van der Waals surface area contributed by atoms with Gasteiger partial charge in [-0.25, -0.2) is 4.79 Å². The summed E-state index contributed by atoms with van der Waals surface area (Å²) < 4.78 is 43.1. The summed E-state index contributed by atoms with van der Waals surface area (Å²) in [5, 5.41) is 21.0. The zero-order valence-corrected chi connectivity index (χ0v) is 19.4. The van der Waals surface area contributed by atoms with Crippen LogP contribution in [0, 0.1) is 34.5 Å². The fourth-order valence-corrected chi connectivity index (χ4v) is 5.02. The summed E-state index contributed by atoms with van der Waals surface area (Å²) in [7, 11) is 0. The van der Waals surface area contributed by atoms with Crippen molar-refractivity contribution in [3.63, 3.8) is 0 Å². The molecule has 1 N–H and O–H groups in total. The van der Waals surface area contributed by atoms with Gasteiger partial charge in [0.05, 0.1) is 17.2 Å². The minimum Gasteiger partial charge on any atom is -0.491 e. The van der Waals surface area contributed by atoms with E-state index in [9.17, 15) is 23.2 Å². The maximum absolute atomic E-state index is 12.6. The molecule has 0 bridgehead atoms. The molecule has 2 fully saturated rings. The summed E-state index contributed by atoms with van der Waals surface area (Å²) in [6.07, 6.45) is 0. The number of anilines is 1. The molecule has 182 valence electrons. The monoisotopic (exact) mass is 501 g/mol. The number of nitrogens with zero attached hydrogens (tertiary/aromatic N) is 4. The van der Waals surface area contributed by atoms with Crippen LogP contribution in [0.1, 0.15) is 11.1 Å². The maximum Gasteiger partial charge on any atom is 0.446 e. The lowest BCUT2D eigenvalue weighted by atomic mass is 10.0. The third kappa shape index (κ3) is 6.38. The van der Waals surface area contributed by atoms with E-state index in [0.717, 1.165) is 13.1 Å². The van der Waals surface area contributed by atoms with Gasteiger partial charge in [0.15, 0.2) is 0 Å². The Morgan fingerprint density at radius 3 is 2.34 bits per heavy atom. The molecule has 2 aliphatic rings. The highest BCUT2D eigenvalue weighted by atomic mass is 32.2. The fourth-order valence-electron chi connectivity index (χ4n) is 4.48. The largest absolute Gasteiger partial charge is 0.491 e. The van der Waals surface area contributed by atoms with E-state index in [4.69, 9.17) is 10.00 Å². The van der Waals surface area contributed by atoms with Crippen molar-refractivity contribution in [2.24, 2.45) is 11.8 Å². The number of fused-ring (bicyclic) bond motifs is 1. The van der Waals surface area contributed by atoms with E-state index in [-0.39, 0.29) is 22.7 Å². The molecule has 0 saturated carbocycles. The molecule has 2 amide bonds. The van der Waals surface area contributed by atoms with Crippen LogP contribution >= 0.6 is 11.8 Å². The topological polar surface area (TPSA) is 92.4 Å². The summed E-state index contributed by atoms with van der Waals surface area (Å²) in [4.78, 5) is 16.7. The van der Waals surface area contributed by atoms with Crippen LogP contribution in [0.2, 0.25) is 0 Å². The lowest BCUT2D eigenvalue weighted by Crippen LogP contribution is -2.36. The fraction of sp³-hybridized carbons (Fsp3) is 0.375. The third-order valence-corrected chi connectivity index (χ3v) is 6.82. The molecular formula is C24H22F3N5O2S. The van der Waals surface area contributed by atoms with E-state index in [1.165, 1.54) is 30.3 Å². The Hall–Kier alpha value is -3.41. The van der Waals surface area contributed by atoms with Gasteiger partial charge >= 0.3 is 11.5 Å². The third-order valence-electron chi connectivity index (χ3n) is 6.08. The first kappa shape index (κ1) is 24.7. The minimum absolute atomic E-state index is 0.0679. The summed E-state index contributed by atoms with van der Waals surface area (Å²) in [6.45, 7) is 3.99. The number of carbonyl (C=O) groups excluding carboxylic acids is 1. The zero-order valence-electron chi connectivity index (χ0n) is 18.6. The van der Waals surface area contributed by atoms with Gasteiger partial charge in [-0.3, -0.25) is 4.90 Å². The summed E-state index contributed by atoms with van der Waals surface area (Å²) in [5.41, 5.74) is -3.15. The van der Waals surface area contributed by atoms with Gasteiger partial charge in [-0.15, -0.1) is 0 Å². The first-order valence-electron chi connectivity index (χ1n) is 10.9. The first-order valence-corrected chi connectivity index (χ1v) is 11.8. The number of urea groups is 1. The Bertz CT molecular complexity index is 1150. The van der Waals surface area contributed by atoms with Crippen molar-refractivity contribution < 1.29 is 22.7 Å². The number of nitrogens with one attached hydrogen (secondary N) is 1. The van der Waals surface area contributed by atoms with E-state index in [2.05, 4.69) is 10.2 Å². The Labute approximate surface area is 205 Å². The number of rotatable bonds is 6. The molecule has 0 aromatic heterocycles. The lowest BCUT2D eigenvalue weighted by molar-refractivity contribution is -0.0328. The molecule has 2 aromatic carbocycles. The highest BCUT2D eigenvalue weighted by Gasteiger charge is 2.41. The summed E-state index contributed by atoms with van der Waals surface area (Å²) in [6, 6.07) is 14.2. The summed E-state index contributed by atoms with van der Waals surface area (Å²) in [5.74, 6) is 1.14. The number of halogens is 3. The van der Waals surface area contributed by atoms with Gasteiger partial charge < -0.3 is 15.0 Å². The summed E-state index contributed by atoms with van der Waals surface area (Å²) >= 11 is -0.190. The Morgan fingerprint density at radius 2 is 1.74 bits per heavy atom. The van der Waals surface area contributed by atoms with Crippen LogP contribution in [0.15, 0.2) is 47.4 Å². The number of alkyl halides is 3. The number of likely N-dealkylation sites (tertiary alicyclic amines) is 2. The smallest absolute Gasteiger partial charge is 0.446 e. The number of carbonyl (C=O) groups is 1. The van der Waals surface area contributed by atoms with Gasteiger partial charge in [0, 0.05) is 43.3 Å². The molecule has 2 heterocycles. The number of amides is 2. The SMILES string of the molecule is N#Cc1ccc(OCCN2CC3CN(C(=O)Nc4ccc(SC(F)(F)F)cc4)CC3C2)c(C#N)c1. The number of ether oxygens (including phenoxy) is 1. The van der Waals surface area contributed by atoms with E-state index < -0.39 is 5.51 Å². The molecule has 2 aliphatic heterocycles. The second kappa shape index (κ2) is 10.5. The second-order valence-corrected chi connectivity index (χ2v) is 9.61. The maximum atomic E-state index is 12.6. The minimum atomic E-state index is -4.35. The lowest BCUT2D eigenvalue weighted by Gasteiger charge is -2.22. The van der Waals surface area contributed by atoms with E-state index in [1.807, 2.05) is 12.1 Å². The van der Waals surface area contributed by atoms with Crippen molar-refractivity contribution in [2.45, 2.75) is 10.4 Å². The van der Waals surface area contributed by atoms with E-state index in [0.29, 0.717) is 60.6 Å². The van der Waals surface area contributed by atoms with Gasteiger partial charge in [-0.1, -0.05) is 0 Å². The molecule has 0 spiro atoms. The Kier molecular flexibility index (Phi) is 7.39. The molecule has 35 heavy (non-hydrogen) atoms. The van der Waals surface area contributed by atoms with Crippen molar-refractivity contribution in [2.75, 3.05) is 44.6 Å². The molecule has 11 heteroatoms. The Morgan fingerprint density at radius 1 is 1.06 bits per heavy atom. The number of benzene rings is 2. The van der Waals surface area contributed by atoms with Crippen LogP contribution in [0.25, 0.3) is 0 Å². The van der Waals surface area contributed by atoms with Crippen molar-refractivity contribution >= 4 is 23.5 Å². The first-order chi connectivity index (χ1) is 16.7. The van der Waals surface area contributed by atoms with Crippen LogP contribution in [0.4, 0.5) is 23.7 Å². The highest BCUT2D eigenvalue weighted by Crippen LogP contribution is 2.37. The van der Waals surface area contributed by atoms with Gasteiger partial charge in [0.25, 0.3) is 0 Å². The van der Waals surface area contributed by atoms with Crippen LogP contribution < -0.4 is 10.1 Å². The molecule has 0 aliphatic carbocycles. The molecule has 2 saturated heterocycles. The normalized spacial score (nSPS) is 19.6. The molecule has 2 aromatic rings. The van der Waals surface area contributed by atoms with Gasteiger partial charge in [0.1, 0.15) is 18.4 Å². The number of hydrogen-bond acceptors (Lipinski definition) is 6. The average Bonchev–Trinajstić information content (AvgIpc) is 3.38. The van der Waals surface area contributed by atoms with Crippen LogP contribution in [0.5, 0.6) is 5.75 Å². The predicted molar refractivity (Wildman–Crippen MR) is 124 cm³/mol. The van der Waals surface area contributed by atoms with Gasteiger partial charge in [-0.05, 0) is 66.1 Å². The number of thioether (sulfide) groups is 1. The second-order valence-electron chi connectivity index (χ2n) is 8.47. The van der Waals surface area contributed by atoms with Crippen molar-refractivity contribution in [3.8, 4) is 17.9 Å². The van der Waals surface area contributed by atoms with E-state index >= 15 is 0 Å². The van der Waals surface area contributed by atoms with Crippen LogP contribution in [-0.2, 0) is 0 Å². The van der Waals surface area contributed by atoms with Crippen LogP contribution in [0.3, 0.4) is 0 Å². The quantitative estimate of drug-likeness (QED) is 0.586. The van der Waals surface area contributed by atoms with Crippen molar-refractivity contribution in [1.82, 2.24) is 9.80 Å². The molecule has 2 atom stereocenters. The molecule has 0 radical (unpaired) electrons. The van der Waals surface area contributed by atoms with E-state index in [1.54, 1.807) is 17.0 Å². The molecule has 7 nitrogen and oxygen atoms in total. The zero-order chi connectivity index (χ0) is 25.0. The molecule has 2 unspecified atom stereocenters. The Balaban J connectivity index is 1.21. The van der Waals surface area contributed by atoms with Gasteiger partial charge in [0.2, 0.25) is 0 Å². The number of hydrogen-bond donors (Lipinski definition) is 1. The van der Waals surface area contributed by atoms with Crippen molar-refractivity contribution in [3.05, 3.63) is 53.6 Å². The average molecular weight is 502 g/mol. The molecule has 4 rings (SSSR count). The predicted octanol–water partition coefficient (Wildman–Crippen LogP) is 4.52. The van der Waals surface area contributed by atoms with Gasteiger partial charge in [-0.2, -0.15) is 23.7 Å². The highest BCUT2D eigenvalue weighted by molar-refractivity contribution is 8.00. The van der Waals surface area contributed by atoms with Crippen LogP contribution in [-0.4, -0.2) is 60.7 Å². The number of nitriles is 2. The van der Waals surface area contributed by atoms with Crippen molar-refractivity contribution in [1.29, 1.82) is 10.5 Å². The molecular weight excluding hydrogens is 479 g/mol. The standard InChI is InChI=1S/C24H22F3N5O2S/c25-24(26,27)35-21-4-2-20(3-5-21)30-23(33)32-14-18-12-31(13-19(18)15-32)7-8-34-22-6-1-16(10-28)9-17(22)11-29/h1-6,9,18-19H,7-8,12-15H2,(H,30,33).